The fourth-order valence-corrected chi connectivity index (χ4v) is 1.97. The van der Waals surface area contributed by atoms with E-state index in [1.54, 1.807) is 0 Å². The molecule has 0 aromatic heterocycles. The van der Waals surface area contributed by atoms with E-state index in [1.807, 2.05) is 0 Å². The summed E-state index contributed by atoms with van der Waals surface area (Å²) in [6, 6.07) is 4.44. The Morgan fingerprint density at radius 1 is 1.29 bits per heavy atom. The number of hydrogen-bond acceptors (Lipinski definition) is 2. The largest absolute Gasteiger partial charge is 0.480 e. The maximum absolute atomic E-state index is 11.8. The molecule has 1 aromatic carbocycles. The third-order valence-corrected chi connectivity index (χ3v) is 3.24. The van der Waals surface area contributed by atoms with E-state index in [0.717, 1.165) is 0 Å². The minimum atomic E-state index is -1.11. The Balaban J connectivity index is 2.18. The first-order valence-corrected chi connectivity index (χ1v) is 5.71. The monoisotopic (exact) mass is 273 g/mol. The van der Waals surface area contributed by atoms with Crippen LogP contribution in [0.4, 0.5) is 0 Å². The van der Waals surface area contributed by atoms with Crippen LogP contribution in [0.25, 0.3) is 0 Å². The lowest BCUT2D eigenvalue weighted by Gasteiger charge is -2.13. The highest BCUT2D eigenvalue weighted by Crippen LogP contribution is 2.36. The summed E-state index contributed by atoms with van der Waals surface area (Å²) >= 11 is 11.6. The van der Waals surface area contributed by atoms with Crippen LogP contribution in [-0.4, -0.2) is 22.5 Å². The molecule has 2 rings (SSSR count). The van der Waals surface area contributed by atoms with E-state index < -0.39 is 17.4 Å². The number of rotatable bonds is 3. The van der Waals surface area contributed by atoms with Crippen LogP contribution in [0.3, 0.4) is 0 Å². The molecule has 1 aliphatic carbocycles. The first-order chi connectivity index (χ1) is 7.94. The standard InChI is InChI=1S/C11H9Cl2NO3/c12-6-1-2-7(8(13)5-6)9(15)14-11(3-4-11)10(16)17/h1-2,5H,3-4H2,(H,14,15)(H,16,17). The second-order valence-electron chi connectivity index (χ2n) is 3.97. The average Bonchev–Trinajstić information content (AvgIpc) is 2.98. The van der Waals surface area contributed by atoms with Gasteiger partial charge in [-0.15, -0.1) is 0 Å². The number of benzene rings is 1. The highest BCUT2D eigenvalue weighted by molar-refractivity contribution is 6.36. The maximum Gasteiger partial charge on any atom is 0.329 e. The van der Waals surface area contributed by atoms with Crippen LogP contribution >= 0.6 is 23.2 Å². The fourth-order valence-electron chi connectivity index (χ4n) is 1.48. The SMILES string of the molecule is O=C(NC1(C(=O)O)CC1)c1ccc(Cl)cc1Cl. The number of aliphatic carboxylic acids is 1. The normalized spacial score (nSPS) is 16.4. The summed E-state index contributed by atoms with van der Waals surface area (Å²) in [6.07, 6.45) is 0.887. The molecule has 6 heteroatoms. The average molecular weight is 274 g/mol. The summed E-state index contributed by atoms with van der Waals surface area (Å²) in [5.41, 5.74) is -0.886. The lowest BCUT2D eigenvalue weighted by Crippen LogP contribution is -2.43. The van der Waals surface area contributed by atoms with Gasteiger partial charge in [0.2, 0.25) is 0 Å². The molecule has 0 unspecified atom stereocenters. The van der Waals surface area contributed by atoms with E-state index in [9.17, 15) is 9.59 Å². The molecule has 1 aliphatic rings. The molecular formula is C11H9Cl2NO3. The summed E-state index contributed by atoms with van der Waals surface area (Å²) in [4.78, 5) is 22.8. The summed E-state index contributed by atoms with van der Waals surface area (Å²) in [7, 11) is 0. The van der Waals surface area contributed by atoms with E-state index in [0.29, 0.717) is 17.9 Å². The zero-order valence-electron chi connectivity index (χ0n) is 8.67. The minimum Gasteiger partial charge on any atom is -0.480 e. The number of nitrogens with one attached hydrogen (secondary N) is 1. The highest BCUT2D eigenvalue weighted by Gasteiger charge is 2.51. The van der Waals surface area contributed by atoms with Gasteiger partial charge in [0.15, 0.2) is 0 Å². The zero-order chi connectivity index (χ0) is 12.6. The summed E-state index contributed by atoms with van der Waals surface area (Å²) in [6.45, 7) is 0. The van der Waals surface area contributed by atoms with Crippen LogP contribution in [-0.2, 0) is 4.79 Å². The molecule has 0 spiro atoms. The Morgan fingerprint density at radius 2 is 1.94 bits per heavy atom. The number of amides is 1. The van der Waals surface area contributed by atoms with Crippen molar-refractivity contribution in [2.24, 2.45) is 0 Å². The lowest BCUT2D eigenvalue weighted by molar-refractivity contribution is -0.140. The Bertz CT molecular complexity index is 497. The Morgan fingerprint density at radius 3 is 2.41 bits per heavy atom. The van der Waals surface area contributed by atoms with Crippen LogP contribution in [0, 0.1) is 0 Å². The smallest absolute Gasteiger partial charge is 0.329 e. The van der Waals surface area contributed by atoms with E-state index in [1.165, 1.54) is 18.2 Å². The van der Waals surface area contributed by atoms with Crippen LogP contribution < -0.4 is 5.32 Å². The molecule has 2 N–H and O–H groups in total. The number of carbonyl (C=O) groups is 2. The van der Waals surface area contributed by atoms with Crippen molar-refractivity contribution in [3.05, 3.63) is 33.8 Å². The van der Waals surface area contributed by atoms with E-state index >= 15 is 0 Å². The third-order valence-electron chi connectivity index (χ3n) is 2.69. The molecule has 0 aliphatic heterocycles. The molecule has 0 radical (unpaired) electrons. The lowest BCUT2D eigenvalue weighted by atomic mass is 10.2. The molecular weight excluding hydrogens is 265 g/mol. The molecule has 0 saturated heterocycles. The number of carbonyl (C=O) groups excluding carboxylic acids is 1. The third kappa shape index (κ3) is 2.37. The first kappa shape index (κ1) is 12.2. The zero-order valence-corrected chi connectivity index (χ0v) is 10.2. The summed E-state index contributed by atoms with van der Waals surface area (Å²) in [5, 5.41) is 12.0. The van der Waals surface area contributed by atoms with Crippen LogP contribution in [0.5, 0.6) is 0 Å². The number of halogens is 2. The Labute approximate surface area is 108 Å². The van der Waals surface area contributed by atoms with Gasteiger partial charge >= 0.3 is 5.97 Å². The van der Waals surface area contributed by atoms with Gasteiger partial charge in [-0.05, 0) is 31.0 Å². The van der Waals surface area contributed by atoms with Gasteiger partial charge < -0.3 is 10.4 Å². The second kappa shape index (κ2) is 4.20. The van der Waals surface area contributed by atoms with Crippen molar-refractivity contribution in [2.75, 3.05) is 0 Å². The molecule has 0 bridgehead atoms. The molecule has 90 valence electrons. The van der Waals surface area contributed by atoms with Crippen LogP contribution in [0.15, 0.2) is 18.2 Å². The molecule has 1 saturated carbocycles. The van der Waals surface area contributed by atoms with Gasteiger partial charge in [0.25, 0.3) is 5.91 Å². The Hall–Kier alpha value is -1.26. The fraction of sp³-hybridized carbons (Fsp3) is 0.273. The van der Waals surface area contributed by atoms with E-state index in [4.69, 9.17) is 28.3 Å². The molecule has 1 aromatic rings. The number of carboxylic acid groups (broad SMARTS) is 1. The van der Waals surface area contributed by atoms with Crippen molar-refractivity contribution in [3.63, 3.8) is 0 Å². The van der Waals surface area contributed by atoms with Gasteiger partial charge in [-0.3, -0.25) is 4.79 Å². The van der Waals surface area contributed by atoms with E-state index in [-0.39, 0.29) is 10.6 Å². The maximum atomic E-state index is 11.8. The van der Waals surface area contributed by atoms with Gasteiger partial charge in [-0.25, -0.2) is 4.79 Å². The number of carboxylic acids is 1. The molecule has 0 atom stereocenters. The van der Waals surface area contributed by atoms with Gasteiger partial charge in [-0.1, -0.05) is 23.2 Å². The van der Waals surface area contributed by atoms with Crippen molar-refractivity contribution < 1.29 is 14.7 Å². The van der Waals surface area contributed by atoms with Crippen LogP contribution in [0.1, 0.15) is 23.2 Å². The number of hydrogen-bond donors (Lipinski definition) is 2. The Kier molecular flexibility index (Phi) is 3.02. The summed E-state index contributed by atoms with van der Waals surface area (Å²) in [5.74, 6) is -1.51. The van der Waals surface area contributed by atoms with Gasteiger partial charge in [0.05, 0.1) is 10.6 Å². The van der Waals surface area contributed by atoms with Crippen LogP contribution in [0.2, 0.25) is 10.0 Å². The second-order valence-corrected chi connectivity index (χ2v) is 4.81. The summed E-state index contributed by atoms with van der Waals surface area (Å²) < 4.78 is 0. The molecule has 17 heavy (non-hydrogen) atoms. The van der Waals surface area contributed by atoms with Crippen molar-refractivity contribution >= 4 is 35.1 Å². The van der Waals surface area contributed by atoms with Gasteiger partial charge in [0.1, 0.15) is 5.54 Å². The van der Waals surface area contributed by atoms with Gasteiger partial charge in [0, 0.05) is 5.02 Å². The van der Waals surface area contributed by atoms with Crippen molar-refractivity contribution in [1.82, 2.24) is 5.32 Å². The van der Waals surface area contributed by atoms with Crippen molar-refractivity contribution in [1.29, 1.82) is 0 Å². The minimum absolute atomic E-state index is 0.205. The molecule has 1 amide bonds. The quantitative estimate of drug-likeness (QED) is 0.889. The molecule has 1 fully saturated rings. The van der Waals surface area contributed by atoms with E-state index in [2.05, 4.69) is 5.32 Å². The first-order valence-electron chi connectivity index (χ1n) is 4.95. The topological polar surface area (TPSA) is 66.4 Å². The predicted molar refractivity (Wildman–Crippen MR) is 63.5 cm³/mol. The highest BCUT2D eigenvalue weighted by atomic mass is 35.5. The predicted octanol–water partition coefficient (Wildman–Crippen LogP) is 2.34. The molecule has 0 heterocycles. The molecule has 4 nitrogen and oxygen atoms in total. The van der Waals surface area contributed by atoms with Crippen molar-refractivity contribution in [3.8, 4) is 0 Å². The van der Waals surface area contributed by atoms with Gasteiger partial charge in [-0.2, -0.15) is 0 Å². The van der Waals surface area contributed by atoms with Crippen molar-refractivity contribution in [2.45, 2.75) is 18.4 Å².